The Morgan fingerprint density at radius 2 is 1.77 bits per heavy atom. The summed E-state index contributed by atoms with van der Waals surface area (Å²) in [5.74, 6) is 1.09. The fourth-order valence-corrected chi connectivity index (χ4v) is 7.87. The molecular weight excluding hydrogens is 604 g/mol. The van der Waals surface area contributed by atoms with Gasteiger partial charge in [-0.3, -0.25) is 9.80 Å². The Balaban J connectivity index is 1.44. The highest BCUT2D eigenvalue weighted by molar-refractivity contribution is 5.99. The molecule has 9 heteroatoms. The minimum absolute atomic E-state index is 0.0111. The summed E-state index contributed by atoms with van der Waals surface area (Å²) < 4.78 is 20.0. The van der Waals surface area contributed by atoms with E-state index in [2.05, 4.69) is 51.0 Å². The topological polar surface area (TPSA) is 85.3 Å². The molecule has 1 aliphatic carbocycles. The summed E-state index contributed by atoms with van der Waals surface area (Å²) in [5.41, 5.74) is 6.06. The summed E-state index contributed by atoms with van der Waals surface area (Å²) in [6.07, 6.45) is 9.42. The van der Waals surface area contributed by atoms with Crippen LogP contribution in [0, 0.1) is 0 Å². The second-order valence-corrected chi connectivity index (χ2v) is 14.9. The Morgan fingerprint density at radius 3 is 2.50 bits per heavy atom. The molecule has 1 amide bonds. The van der Waals surface area contributed by atoms with Crippen molar-refractivity contribution in [1.29, 1.82) is 0 Å². The van der Waals surface area contributed by atoms with Crippen LogP contribution in [0.15, 0.2) is 36.4 Å². The van der Waals surface area contributed by atoms with Crippen LogP contribution in [0.1, 0.15) is 99.5 Å². The predicted molar refractivity (Wildman–Crippen MR) is 190 cm³/mol. The summed E-state index contributed by atoms with van der Waals surface area (Å²) >= 11 is 0. The van der Waals surface area contributed by atoms with E-state index in [4.69, 9.17) is 14.2 Å². The molecule has 3 aromatic rings. The molecular formula is C39H54N4O5. The van der Waals surface area contributed by atoms with Gasteiger partial charge in [-0.05, 0) is 96.3 Å². The van der Waals surface area contributed by atoms with Crippen LogP contribution in [0.5, 0.6) is 5.75 Å². The lowest BCUT2D eigenvalue weighted by molar-refractivity contribution is 0.0516. The number of nitrogens with one attached hydrogen (secondary N) is 1. The van der Waals surface area contributed by atoms with E-state index in [0.29, 0.717) is 37.7 Å². The fraction of sp³-hybridized carbons (Fsp3) is 0.590. The van der Waals surface area contributed by atoms with Gasteiger partial charge in [0.15, 0.2) is 0 Å². The van der Waals surface area contributed by atoms with Crippen molar-refractivity contribution < 1.29 is 23.8 Å². The highest BCUT2D eigenvalue weighted by atomic mass is 16.6. The van der Waals surface area contributed by atoms with E-state index in [-0.39, 0.29) is 12.0 Å². The Morgan fingerprint density at radius 1 is 1.02 bits per heavy atom. The van der Waals surface area contributed by atoms with E-state index < -0.39 is 11.7 Å². The molecule has 1 saturated heterocycles. The van der Waals surface area contributed by atoms with Crippen molar-refractivity contribution in [2.45, 2.75) is 103 Å². The molecule has 1 saturated carbocycles. The van der Waals surface area contributed by atoms with Gasteiger partial charge in [-0.15, -0.1) is 0 Å². The number of likely N-dealkylation sites (N-methyl/N-ethyl adjacent to an activating group) is 1. The van der Waals surface area contributed by atoms with Crippen LogP contribution < -0.4 is 10.1 Å². The van der Waals surface area contributed by atoms with Gasteiger partial charge in [0, 0.05) is 48.2 Å². The molecule has 2 aliphatic heterocycles. The number of esters is 1. The van der Waals surface area contributed by atoms with Crippen LogP contribution in [0.25, 0.3) is 22.2 Å². The third kappa shape index (κ3) is 7.68. The first-order valence-electron chi connectivity index (χ1n) is 18.0. The highest BCUT2D eigenvalue weighted by Crippen LogP contribution is 2.48. The van der Waals surface area contributed by atoms with Crippen molar-refractivity contribution in [3.05, 3.63) is 53.1 Å². The Bertz CT molecular complexity index is 1600. The molecule has 3 heterocycles. The molecule has 9 nitrogen and oxygen atoms in total. The number of para-hydroxylation sites is 1. The number of piperidine rings is 1. The first kappa shape index (κ1) is 34.3. The van der Waals surface area contributed by atoms with E-state index in [0.717, 1.165) is 49.3 Å². The maximum absolute atomic E-state index is 12.8. The van der Waals surface area contributed by atoms with Gasteiger partial charge in [-0.25, -0.2) is 9.59 Å². The SMILES string of the molecule is COC(=O)c1ccc2c(C3CCCCC3)c3n(c2c1)C[C@@H](N(C)CCNC(=O)OC(C)(C)C)COc1c(CN2CCCCC2)cccc1-3. The van der Waals surface area contributed by atoms with E-state index in [1.165, 1.54) is 67.8 Å². The maximum atomic E-state index is 12.8. The second kappa shape index (κ2) is 14.9. The number of carbonyl (C=O) groups is 2. The Kier molecular flexibility index (Phi) is 10.7. The summed E-state index contributed by atoms with van der Waals surface area (Å²) in [6.45, 7) is 11.0. The van der Waals surface area contributed by atoms with Crippen molar-refractivity contribution in [2.75, 3.05) is 46.9 Å². The molecule has 0 radical (unpaired) electrons. The Labute approximate surface area is 285 Å². The lowest BCUT2D eigenvalue weighted by Gasteiger charge is -2.34. The molecule has 0 unspecified atom stereocenters. The molecule has 3 aliphatic rings. The normalized spacial score (nSPS) is 19.2. The molecule has 1 atom stereocenters. The summed E-state index contributed by atoms with van der Waals surface area (Å²) in [4.78, 5) is 30.1. The Hall–Kier alpha value is -3.56. The van der Waals surface area contributed by atoms with E-state index in [9.17, 15) is 9.59 Å². The second-order valence-electron chi connectivity index (χ2n) is 14.9. The van der Waals surface area contributed by atoms with E-state index in [1.807, 2.05) is 32.9 Å². The largest absolute Gasteiger partial charge is 0.491 e. The number of benzene rings is 2. The van der Waals surface area contributed by atoms with E-state index >= 15 is 0 Å². The number of hydrogen-bond acceptors (Lipinski definition) is 7. The number of fused-ring (bicyclic) bond motifs is 5. The van der Waals surface area contributed by atoms with Crippen molar-refractivity contribution in [1.82, 2.24) is 19.7 Å². The molecule has 260 valence electrons. The molecule has 1 aromatic heterocycles. The lowest BCUT2D eigenvalue weighted by atomic mass is 9.81. The van der Waals surface area contributed by atoms with Gasteiger partial charge in [0.05, 0.1) is 24.4 Å². The van der Waals surface area contributed by atoms with Crippen LogP contribution in [-0.4, -0.2) is 85.0 Å². The van der Waals surface area contributed by atoms with E-state index in [1.54, 1.807) is 0 Å². The van der Waals surface area contributed by atoms with Gasteiger partial charge in [-0.1, -0.05) is 43.9 Å². The smallest absolute Gasteiger partial charge is 0.407 e. The van der Waals surface area contributed by atoms with Crippen LogP contribution in [0.4, 0.5) is 4.79 Å². The first-order valence-corrected chi connectivity index (χ1v) is 18.0. The number of hydrogen-bond donors (Lipinski definition) is 1. The average molecular weight is 659 g/mol. The zero-order chi connectivity index (χ0) is 33.8. The maximum Gasteiger partial charge on any atom is 0.407 e. The summed E-state index contributed by atoms with van der Waals surface area (Å²) in [7, 11) is 3.54. The van der Waals surface area contributed by atoms with Crippen LogP contribution in [-0.2, 0) is 22.6 Å². The van der Waals surface area contributed by atoms with Crippen LogP contribution in [0.3, 0.4) is 0 Å². The highest BCUT2D eigenvalue weighted by Gasteiger charge is 2.33. The molecule has 2 aromatic carbocycles. The first-order chi connectivity index (χ1) is 23.1. The molecule has 2 fully saturated rings. The zero-order valence-corrected chi connectivity index (χ0v) is 29.6. The van der Waals surface area contributed by atoms with Gasteiger partial charge in [-0.2, -0.15) is 0 Å². The third-order valence-electron chi connectivity index (χ3n) is 10.3. The molecule has 1 N–H and O–H groups in total. The number of amides is 1. The van der Waals surface area contributed by atoms with Crippen LogP contribution >= 0.6 is 0 Å². The zero-order valence-electron chi connectivity index (χ0n) is 29.6. The number of carbonyl (C=O) groups excluding carboxylic acids is 2. The number of likely N-dealkylation sites (tertiary alicyclic amines) is 1. The minimum atomic E-state index is -0.548. The van der Waals surface area contributed by atoms with Gasteiger partial charge in [0.2, 0.25) is 0 Å². The number of methoxy groups -OCH3 is 1. The third-order valence-corrected chi connectivity index (χ3v) is 10.3. The number of rotatable bonds is 8. The average Bonchev–Trinajstić information content (AvgIpc) is 3.37. The number of alkyl carbamates (subject to hydrolysis) is 1. The minimum Gasteiger partial charge on any atom is -0.491 e. The number of aromatic nitrogens is 1. The molecule has 0 bridgehead atoms. The molecule has 6 rings (SSSR count). The van der Waals surface area contributed by atoms with Crippen molar-refractivity contribution in [3.63, 3.8) is 0 Å². The van der Waals surface area contributed by atoms with Gasteiger partial charge >= 0.3 is 12.1 Å². The van der Waals surface area contributed by atoms with Gasteiger partial charge in [0.25, 0.3) is 0 Å². The summed E-state index contributed by atoms with van der Waals surface area (Å²) in [5, 5.41) is 4.14. The molecule has 0 spiro atoms. The predicted octanol–water partition coefficient (Wildman–Crippen LogP) is 7.35. The number of ether oxygens (including phenoxy) is 3. The molecule has 48 heavy (non-hydrogen) atoms. The van der Waals surface area contributed by atoms with Crippen molar-refractivity contribution in [2.24, 2.45) is 0 Å². The van der Waals surface area contributed by atoms with Crippen molar-refractivity contribution >= 4 is 23.0 Å². The lowest BCUT2D eigenvalue weighted by Crippen LogP contribution is -2.45. The summed E-state index contributed by atoms with van der Waals surface area (Å²) in [6, 6.07) is 12.8. The standard InChI is InChI=1S/C39H54N4O5/c1-39(2,3)48-38(45)40-19-22-41(4)30-25-43-33-23-28(37(44)46-5)17-18-31(33)34(27-13-8-6-9-14-27)35(43)32-16-12-15-29(36(32)47-26-30)24-42-20-10-7-11-21-42/h12,15-18,23,27,30H,6-11,13-14,19-22,24-26H2,1-5H3,(H,40,45)/t30-/m1/s1. The number of nitrogens with zero attached hydrogens (tertiary/aromatic N) is 3. The van der Waals surface area contributed by atoms with Gasteiger partial charge < -0.3 is 24.1 Å². The fourth-order valence-electron chi connectivity index (χ4n) is 7.87. The van der Waals surface area contributed by atoms with Gasteiger partial charge in [0.1, 0.15) is 18.0 Å². The van der Waals surface area contributed by atoms with Crippen LogP contribution in [0.2, 0.25) is 0 Å². The van der Waals surface area contributed by atoms with Crippen molar-refractivity contribution in [3.8, 4) is 17.0 Å². The monoisotopic (exact) mass is 658 g/mol. The quantitative estimate of drug-likeness (QED) is 0.254.